The van der Waals surface area contributed by atoms with Crippen LogP contribution in [-0.2, 0) is 0 Å². The van der Waals surface area contributed by atoms with Crippen molar-refractivity contribution < 1.29 is 19.8 Å². The fourth-order valence-corrected chi connectivity index (χ4v) is 2.75. The third kappa shape index (κ3) is 3.05. The zero-order chi connectivity index (χ0) is 16.6. The number of carbonyl (C=O) groups is 2. The molecule has 1 amide bonds. The number of hydrogen-bond donors (Lipinski definition) is 3. The van der Waals surface area contributed by atoms with Gasteiger partial charge in [-0.1, -0.05) is 19.1 Å². The van der Waals surface area contributed by atoms with Crippen molar-refractivity contribution in [1.29, 1.82) is 0 Å². The van der Waals surface area contributed by atoms with E-state index in [4.69, 9.17) is 5.11 Å². The molecule has 1 saturated carbocycles. The summed E-state index contributed by atoms with van der Waals surface area (Å²) in [6.07, 6.45) is 2.02. The number of aromatic carboxylic acids is 1. The molecule has 0 heterocycles. The number of carbonyl (C=O) groups excluding carboxylic acids is 1. The van der Waals surface area contributed by atoms with Gasteiger partial charge in [0, 0.05) is 5.56 Å². The molecule has 3 N–H and O–H groups in total. The zero-order valence-electron chi connectivity index (χ0n) is 12.9. The Bertz CT molecular complexity index is 780. The molecule has 1 aliphatic carbocycles. The third-order valence-electron chi connectivity index (χ3n) is 4.72. The lowest BCUT2D eigenvalue weighted by Gasteiger charge is -2.22. The average Bonchev–Trinajstić information content (AvgIpc) is 3.29. The molecule has 5 heteroatoms. The molecule has 0 bridgehead atoms. The number of carboxylic acids is 1. The van der Waals surface area contributed by atoms with Crippen molar-refractivity contribution in [2.24, 2.45) is 5.41 Å². The SMILES string of the molecule is CC1(C(CO)NC(=O)c2ccc3cc(C(=O)O)ccc3c2)CC1. The summed E-state index contributed by atoms with van der Waals surface area (Å²) in [6.45, 7) is 1.99. The monoisotopic (exact) mass is 313 g/mol. The Kier molecular flexibility index (Phi) is 3.82. The summed E-state index contributed by atoms with van der Waals surface area (Å²) in [5, 5.41) is 23.0. The summed E-state index contributed by atoms with van der Waals surface area (Å²) in [7, 11) is 0. The zero-order valence-corrected chi connectivity index (χ0v) is 12.9. The molecule has 0 aliphatic heterocycles. The molecule has 3 rings (SSSR count). The predicted molar refractivity (Wildman–Crippen MR) is 86.6 cm³/mol. The minimum absolute atomic E-state index is 0.00233. The Morgan fingerprint density at radius 3 is 2.22 bits per heavy atom. The molecule has 1 unspecified atom stereocenters. The molecular weight excluding hydrogens is 294 g/mol. The van der Waals surface area contributed by atoms with E-state index >= 15 is 0 Å². The molecule has 1 aliphatic rings. The van der Waals surface area contributed by atoms with Crippen LogP contribution in [0, 0.1) is 5.41 Å². The van der Waals surface area contributed by atoms with Crippen LogP contribution in [-0.4, -0.2) is 34.7 Å². The third-order valence-corrected chi connectivity index (χ3v) is 4.72. The van der Waals surface area contributed by atoms with Gasteiger partial charge in [-0.15, -0.1) is 0 Å². The lowest BCUT2D eigenvalue weighted by atomic mass is 9.98. The van der Waals surface area contributed by atoms with E-state index in [1.165, 1.54) is 6.07 Å². The summed E-state index contributed by atoms with van der Waals surface area (Å²) in [6, 6.07) is 9.72. The highest BCUT2D eigenvalue weighted by molar-refractivity contribution is 6.00. The summed E-state index contributed by atoms with van der Waals surface area (Å²) < 4.78 is 0. The summed E-state index contributed by atoms with van der Waals surface area (Å²) in [4.78, 5) is 23.4. The first kappa shape index (κ1) is 15.5. The van der Waals surface area contributed by atoms with Crippen LogP contribution in [0.5, 0.6) is 0 Å². The van der Waals surface area contributed by atoms with Crippen molar-refractivity contribution in [3.8, 4) is 0 Å². The van der Waals surface area contributed by atoms with Crippen LogP contribution >= 0.6 is 0 Å². The van der Waals surface area contributed by atoms with Crippen LogP contribution in [0.2, 0.25) is 0 Å². The van der Waals surface area contributed by atoms with E-state index in [1.807, 2.05) is 0 Å². The van der Waals surface area contributed by atoms with E-state index in [9.17, 15) is 14.7 Å². The fourth-order valence-electron chi connectivity index (χ4n) is 2.75. The molecule has 0 spiro atoms. The van der Waals surface area contributed by atoms with Crippen LogP contribution in [0.1, 0.15) is 40.5 Å². The second-order valence-electron chi connectivity index (χ2n) is 6.44. The van der Waals surface area contributed by atoms with Gasteiger partial charge in [0.05, 0.1) is 18.2 Å². The van der Waals surface area contributed by atoms with Gasteiger partial charge in [0.15, 0.2) is 0 Å². The highest BCUT2D eigenvalue weighted by Gasteiger charge is 2.45. The van der Waals surface area contributed by atoms with E-state index in [0.717, 1.165) is 23.6 Å². The Morgan fingerprint density at radius 2 is 1.70 bits per heavy atom. The lowest BCUT2D eigenvalue weighted by molar-refractivity contribution is 0.0696. The maximum Gasteiger partial charge on any atom is 0.335 e. The lowest BCUT2D eigenvalue weighted by Crippen LogP contribution is -2.43. The van der Waals surface area contributed by atoms with Crippen molar-refractivity contribution in [3.05, 3.63) is 47.5 Å². The standard InChI is InChI=1S/C18H19NO4/c1-18(6-7-18)15(10-20)19-16(21)13-4-2-12-9-14(17(22)23)5-3-11(12)8-13/h2-5,8-9,15,20H,6-7,10H2,1H3,(H,19,21)(H,22,23). The maximum absolute atomic E-state index is 12.4. The van der Waals surface area contributed by atoms with Crippen molar-refractivity contribution in [2.75, 3.05) is 6.61 Å². The molecule has 0 radical (unpaired) electrons. The van der Waals surface area contributed by atoms with Crippen LogP contribution in [0.15, 0.2) is 36.4 Å². The van der Waals surface area contributed by atoms with Crippen LogP contribution in [0.3, 0.4) is 0 Å². The summed E-state index contributed by atoms with van der Waals surface area (Å²) >= 11 is 0. The molecule has 5 nitrogen and oxygen atoms in total. The van der Waals surface area contributed by atoms with Gasteiger partial charge in [-0.05, 0) is 53.3 Å². The van der Waals surface area contributed by atoms with Crippen LogP contribution in [0.4, 0.5) is 0 Å². The number of carboxylic acid groups (broad SMARTS) is 1. The smallest absolute Gasteiger partial charge is 0.335 e. The van der Waals surface area contributed by atoms with Gasteiger partial charge < -0.3 is 15.5 Å². The molecule has 2 aromatic rings. The summed E-state index contributed by atoms with van der Waals surface area (Å²) in [5.41, 5.74) is 0.720. The van der Waals surface area contributed by atoms with Crippen molar-refractivity contribution >= 4 is 22.6 Å². The topological polar surface area (TPSA) is 86.6 Å². The number of hydrogen-bond acceptors (Lipinski definition) is 3. The van der Waals surface area contributed by atoms with Gasteiger partial charge in [-0.25, -0.2) is 4.79 Å². The highest BCUT2D eigenvalue weighted by atomic mass is 16.4. The predicted octanol–water partition coefficient (Wildman–Crippen LogP) is 2.43. The fraction of sp³-hybridized carbons (Fsp3) is 0.333. The molecule has 0 aromatic heterocycles. The Morgan fingerprint density at radius 1 is 1.13 bits per heavy atom. The first-order chi connectivity index (χ1) is 10.9. The minimum atomic E-state index is -0.975. The van der Waals surface area contributed by atoms with Gasteiger partial charge in [-0.2, -0.15) is 0 Å². The molecule has 0 saturated heterocycles. The number of aliphatic hydroxyl groups excluding tert-OH is 1. The Labute approximate surface area is 133 Å². The van der Waals surface area contributed by atoms with Gasteiger partial charge >= 0.3 is 5.97 Å². The highest BCUT2D eigenvalue weighted by Crippen LogP contribution is 2.48. The van der Waals surface area contributed by atoms with Crippen molar-refractivity contribution in [2.45, 2.75) is 25.8 Å². The van der Waals surface area contributed by atoms with Gasteiger partial charge in [0.2, 0.25) is 0 Å². The molecular formula is C18H19NO4. The Hall–Kier alpha value is -2.40. The van der Waals surface area contributed by atoms with E-state index in [2.05, 4.69) is 12.2 Å². The number of rotatable bonds is 5. The average molecular weight is 313 g/mol. The molecule has 120 valence electrons. The quantitative estimate of drug-likeness (QED) is 0.791. The first-order valence-electron chi connectivity index (χ1n) is 7.62. The summed E-state index contributed by atoms with van der Waals surface area (Å²) in [5.74, 6) is -1.20. The molecule has 1 atom stereocenters. The van der Waals surface area contributed by atoms with Gasteiger partial charge in [-0.3, -0.25) is 4.79 Å². The molecule has 23 heavy (non-hydrogen) atoms. The normalized spacial score (nSPS) is 16.8. The number of benzene rings is 2. The number of amides is 1. The van der Waals surface area contributed by atoms with Crippen LogP contribution < -0.4 is 5.32 Å². The van der Waals surface area contributed by atoms with Crippen LogP contribution in [0.25, 0.3) is 10.8 Å². The maximum atomic E-state index is 12.4. The molecule has 2 aromatic carbocycles. The van der Waals surface area contributed by atoms with E-state index < -0.39 is 5.97 Å². The number of nitrogens with one attached hydrogen (secondary N) is 1. The van der Waals surface area contributed by atoms with Gasteiger partial charge in [0.25, 0.3) is 5.91 Å². The van der Waals surface area contributed by atoms with Gasteiger partial charge in [0.1, 0.15) is 0 Å². The van der Waals surface area contributed by atoms with Crippen molar-refractivity contribution in [3.63, 3.8) is 0 Å². The van der Waals surface area contributed by atoms with E-state index in [0.29, 0.717) is 5.56 Å². The van der Waals surface area contributed by atoms with E-state index in [-0.39, 0.29) is 29.5 Å². The van der Waals surface area contributed by atoms with E-state index in [1.54, 1.807) is 30.3 Å². The largest absolute Gasteiger partial charge is 0.478 e. The minimum Gasteiger partial charge on any atom is -0.478 e. The number of fused-ring (bicyclic) bond motifs is 1. The Balaban J connectivity index is 1.83. The first-order valence-corrected chi connectivity index (χ1v) is 7.62. The molecule has 1 fully saturated rings. The second-order valence-corrected chi connectivity index (χ2v) is 6.44. The number of aliphatic hydroxyl groups is 1. The van der Waals surface area contributed by atoms with Crippen molar-refractivity contribution in [1.82, 2.24) is 5.32 Å². The second kappa shape index (κ2) is 5.66.